The van der Waals surface area contributed by atoms with Crippen molar-refractivity contribution >= 4 is 148 Å². The van der Waals surface area contributed by atoms with E-state index in [-0.39, 0.29) is 186 Å². The number of guanidine groups is 6. The summed E-state index contributed by atoms with van der Waals surface area (Å²) < 4.78 is 13.3. The molecule has 13 atom stereocenters. The van der Waals surface area contributed by atoms with Gasteiger partial charge in [-0.25, -0.2) is 19.9 Å². The Morgan fingerprint density at radius 1 is 0.359 bits per heavy atom. The van der Waals surface area contributed by atoms with E-state index in [4.69, 9.17) is 94.9 Å². The summed E-state index contributed by atoms with van der Waals surface area (Å²) in [7, 11) is 0. The van der Waals surface area contributed by atoms with E-state index in [2.05, 4.69) is 117 Å². The predicted octanol–water partition coefficient (Wildman–Crippen LogP) is -12.8. The molecule has 0 radical (unpaired) electrons. The largest absolute Gasteiger partial charge is 0.481 e. The van der Waals surface area contributed by atoms with E-state index in [1.807, 2.05) is 0 Å². The molecule has 0 aromatic carbocycles. The number of carbonyl (C=O) groups is 19. The van der Waals surface area contributed by atoms with Crippen molar-refractivity contribution in [3.8, 4) is 0 Å². The molecule has 0 spiro atoms. The summed E-state index contributed by atoms with van der Waals surface area (Å²) in [6.07, 6.45) is -2.70. The number of hydrogen-bond donors (Lipinski definition) is 40. The first-order valence-electron chi connectivity index (χ1n) is 46.7. The molecule has 13 amide bonds. The zero-order valence-electron chi connectivity index (χ0n) is 81.6. The van der Waals surface area contributed by atoms with Gasteiger partial charge in [0.05, 0.1) is 44.2 Å². The van der Waals surface area contributed by atoms with Gasteiger partial charge in [0.2, 0.25) is 76.8 Å². The van der Waals surface area contributed by atoms with Crippen LogP contribution in [0.15, 0.2) is 6.20 Å². The van der Waals surface area contributed by atoms with Gasteiger partial charge >= 0.3 is 23.9 Å². The predicted molar refractivity (Wildman–Crippen MR) is 520 cm³/mol. The fourth-order valence-electron chi connectivity index (χ4n) is 13.3. The van der Waals surface area contributed by atoms with Crippen molar-refractivity contribution < 1.29 is 116 Å². The SMILES string of the molecule is CC(=O)CCc1cn(CCF)nn1.CC(C)[C@H](NC(=O)C(CCC(=O)O)NNC(CC(=O)O)C(=O)O)C(=O)NC(CC(=O)O)C(=O)NCC(=O)NC(CCCNC(=N)N)C(=O)N[C@@H](CCCCN)C(=O)NC(CCCCN)C(=O)N[C@@H](CCCNC(=N)N)C(=O)NC(CCCNC(=N)N)C(=O)N[C@@H](CCC(N)=O)C(=O)NC(CCCNC(=N)N)C(=O)N[C@@H](CCCNC(=N)N)C(=O)N[C@@H](CCCNC(=N)N)C(=O)CN. The molecule has 0 saturated heterocycles. The fraction of sp³-hybridized carbons (Fsp3) is 0.671. The molecular weight excluding hydrogens is 1920 g/mol. The molecule has 1 heterocycles. The van der Waals surface area contributed by atoms with Crippen LogP contribution in [0.2, 0.25) is 0 Å². The second-order valence-electron chi connectivity index (χ2n) is 33.5. The van der Waals surface area contributed by atoms with E-state index in [1.165, 1.54) is 25.5 Å². The second-order valence-corrected chi connectivity index (χ2v) is 33.5. The van der Waals surface area contributed by atoms with Crippen LogP contribution in [0.5, 0.6) is 0 Å². The Bertz CT molecular complexity index is 4440. The van der Waals surface area contributed by atoms with Crippen molar-refractivity contribution in [2.45, 2.75) is 273 Å². The van der Waals surface area contributed by atoms with Crippen molar-refractivity contribution in [1.29, 1.82) is 32.5 Å². The van der Waals surface area contributed by atoms with Crippen LogP contribution in [-0.4, -0.2) is 334 Å². The molecule has 7 unspecified atom stereocenters. The molecule has 0 aliphatic rings. The summed E-state index contributed by atoms with van der Waals surface area (Å²) in [5, 5.41) is 136. The van der Waals surface area contributed by atoms with Crippen LogP contribution in [0.4, 0.5) is 4.39 Å². The Morgan fingerprint density at radius 3 is 0.979 bits per heavy atom. The molecule has 0 aliphatic carbocycles. The molecule has 0 aliphatic heterocycles. The van der Waals surface area contributed by atoms with Crippen molar-refractivity contribution in [3.05, 3.63) is 11.9 Å². The Labute approximate surface area is 834 Å². The number of nitrogens with zero attached hydrogens (tertiary/aromatic N) is 3. The van der Waals surface area contributed by atoms with E-state index in [1.54, 1.807) is 6.20 Å². The molecular formula is C82H150FN39O23. The Morgan fingerprint density at radius 2 is 0.669 bits per heavy atom. The Balaban J connectivity index is 0.0000147. The number of hydrazine groups is 1. The quantitative estimate of drug-likeness (QED) is 0.0125. The van der Waals surface area contributed by atoms with Crippen LogP contribution < -0.4 is 164 Å². The molecule has 818 valence electrons. The van der Waals surface area contributed by atoms with Crippen LogP contribution in [-0.2, 0) is 104 Å². The standard InChI is InChI=1S/C74H138N36O22.C8H12FN3O/c1-37(2)56(108-66(129)47(22-24-53(114)115)109-110-49(68(131)132)34-55(118)119)67(130)107-48(33-54(116)117)57(120)97-36-52(113)98-39(16-8-28-92-70(81)82)58(121)100-40(13-3-5-25-75)60(123)101-41(14-4-6-26-76)61(124)103-43(18-10-30-94-72(85)86)62(125)104-45(20-12-32-96-74(89)90)64(127)106-46(21-23-51(78)112)65(128)105-44(19-11-31-95-73(87)88)63(126)102-42(17-9-29-93-71(83)84)59(122)99-38(50(111)35-77)15-7-27-91-69(79)80;1-7(13)2-3-8-6-12(5-4-9)11-10-8/h37-49,56,109-110H,3-36,75-77H2,1-2H3,(H2,78,112)(H,97,120)(H,98,113)(H,99,122)(H,100,121)(H,101,123)(H,102,126)(H,103,124)(H,104,125)(H,105,128)(H,106,127)(H,107,130)(H,108,129)(H,114,115)(H,116,117)(H,118,119)(H,131,132)(H4,79,80,91)(H4,81,82,92)(H4,83,84,93)(H4,85,86,94)(H4,87,88,95)(H4,89,90,96);6H,2-5H2,1H3/t38-,39?,40-,41?,42-,43-,44?,45?,46-,47?,48?,49?,56-;/m0./s1. The number of carboxylic acid groups (broad SMARTS) is 4. The van der Waals surface area contributed by atoms with Gasteiger partial charge in [-0.1, -0.05) is 19.1 Å². The van der Waals surface area contributed by atoms with Crippen LogP contribution in [0, 0.1) is 38.4 Å². The maximum atomic E-state index is 15.0. The molecule has 1 aromatic rings. The number of aryl methyl sites for hydroxylation is 2. The van der Waals surface area contributed by atoms with Crippen LogP contribution in [0.25, 0.3) is 0 Å². The molecule has 0 saturated carbocycles. The van der Waals surface area contributed by atoms with Gasteiger partial charge in [-0.05, 0) is 161 Å². The minimum Gasteiger partial charge on any atom is -0.481 e. The number of Topliss-reactive ketones (excluding diaryl/α,β-unsaturated/α-hetero) is 2. The normalized spacial score (nSPS) is 13.5. The smallest absolute Gasteiger partial charge is 0.322 e. The number of aromatic nitrogens is 3. The van der Waals surface area contributed by atoms with Gasteiger partial charge in [-0.3, -0.25) is 119 Å². The first-order valence-corrected chi connectivity index (χ1v) is 46.7. The number of alkyl halides is 1. The maximum absolute atomic E-state index is 15.0. The number of carbonyl (C=O) groups excluding carboxylic acids is 15. The molecule has 62 nitrogen and oxygen atoms in total. The van der Waals surface area contributed by atoms with E-state index in [0.717, 1.165) is 5.69 Å². The van der Waals surface area contributed by atoms with Crippen LogP contribution in [0.1, 0.15) is 187 Å². The summed E-state index contributed by atoms with van der Waals surface area (Å²) in [5.74, 6) is -24.5. The number of nitrogens with two attached hydrogens (primary N) is 10. The van der Waals surface area contributed by atoms with E-state index < -0.39 is 279 Å². The Hall–Kier alpha value is -15.2. The van der Waals surface area contributed by atoms with Gasteiger partial charge in [-0.15, -0.1) is 5.10 Å². The zero-order valence-corrected chi connectivity index (χ0v) is 81.6. The lowest BCUT2D eigenvalue weighted by atomic mass is 10.0. The monoisotopic (exact) mass is 2070 g/mol. The lowest BCUT2D eigenvalue weighted by molar-refractivity contribution is -0.146. The van der Waals surface area contributed by atoms with Crippen LogP contribution >= 0.6 is 0 Å². The minimum atomic E-state index is -2.00. The van der Waals surface area contributed by atoms with E-state index in [0.29, 0.717) is 12.8 Å². The average Bonchev–Trinajstić information content (AvgIpc) is 1.47. The van der Waals surface area contributed by atoms with Crippen molar-refractivity contribution in [3.63, 3.8) is 0 Å². The molecule has 1 rings (SSSR count). The number of halogens is 1. The molecule has 145 heavy (non-hydrogen) atoms. The van der Waals surface area contributed by atoms with E-state index in [9.17, 15) is 111 Å². The first kappa shape index (κ1) is 130. The number of unbranched alkanes of at least 4 members (excludes halogenated alkanes) is 2. The third-order valence-electron chi connectivity index (χ3n) is 20.9. The fourth-order valence-corrected chi connectivity index (χ4v) is 13.3. The number of amides is 13. The van der Waals surface area contributed by atoms with Gasteiger partial charge in [-0.2, -0.15) is 0 Å². The number of hydrogen-bond acceptors (Lipinski definition) is 32. The van der Waals surface area contributed by atoms with Crippen molar-refractivity contribution in [2.75, 3.05) is 72.1 Å². The van der Waals surface area contributed by atoms with Crippen molar-refractivity contribution in [2.24, 2.45) is 63.3 Å². The molecule has 0 fully saturated rings. The van der Waals surface area contributed by atoms with E-state index >= 15 is 0 Å². The highest BCUT2D eigenvalue weighted by molar-refractivity contribution is 6.01. The number of primary amides is 1. The number of nitrogens with one attached hydrogen (secondary N) is 26. The highest BCUT2D eigenvalue weighted by Gasteiger charge is 2.39. The summed E-state index contributed by atoms with van der Waals surface area (Å²) in [5.41, 5.74) is 61.1. The van der Waals surface area contributed by atoms with Gasteiger partial charge in [0.15, 0.2) is 41.5 Å². The van der Waals surface area contributed by atoms with Gasteiger partial charge in [0.1, 0.15) is 85.0 Å². The maximum Gasteiger partial charge on any atom is 0.322 e. The van der Waals surface area contributed by atoms with Gasteiger partial charge in [0.25, 0.3) is 0 Å². The lowest BCUT2D eigenvalue weighted by Crippen LogP contribution is -2.61. The van der Waals surface area contributed by atoms with Crippen LogP contribution in [0.3, 0.4) is 0 Å². The molecule has 1 aromatic heterocycles. The molecule has 63 heteroatoms. The van der Waals surface area contributed by atoms with Crippen molar-refractivity contribution in [1.82, 2.24) is 122 Å². The summed E-state index contributed by atoms with van der Waals surface area (Å²) in [4.78, 5) is 255. The number of ketones is 2. The topological polar surface area (TPSA) is 1080 Å². The Kier molecular flexibility index (Phi) is 66.1. The molecule has 50 N–H and O–H groups in total. The second kappa shape index (κ2) is 73.8. The summed E-state index contributed by atoms with van der Waals surface area (Å²) >= 11 is 0. The van der Waals surface area contributed by atoms with Gasteiger partial charge in [0, 0.05) is 64.7 Å². The first-order chi connectivity index (χ1) is 68.4. The third-order valence-corrected chi connectivity index (χ3v) is 20.9. The number of rotatable bonds is 78. The minimum absolute atomic E-state index is 0.00132. The summed E-state index contributed by atoms with van der Waals surface area (Å²) in [6.45, 7) is 2.56. The highest BCUT2D eigenvalue weighted by atomic mass is 19.1. The average molecular weight is 2070 g/mol. The number of aliphatic carboxylic acids is 4. The molecule has 0 bridgehead atoms. The van der Waals surface area contributed by atoms with Gasteiger partial charge < -0.3 is 178 Å². The highest BCUT2D eigenvalue weighted by Crippen LogP contribution is 2.15. The summed E-state index contributed by atoms with van der Waals surface area (Å²) in [6, 6.07) is -21.3. The third kappa shape index (κ3) is 61.3. The number of carboxylic acids is 4. The zero-order chi connectivity index (χ0) is 110. The lowest BCUT2D eigenvalue weighted by Gasteiger charge is -2.28.